The molecule has 1 fully saturated rings. The Hall–Kier alpha value is -4.53. The Morgan fingerprint density at radius 1 is 1.18 bits per heavy atom. The summed E-state index contributed by atoms with van der Waals surface area (Å²) in [6.07, 6.45) is 0.257. The van der Waals surface area contributed by atoms with Gasteiger partial charge in [-0.2, -0.15) is 0 Å². The first kappa shape index (κ1) is 33.4. The summed E-state index contributed by atoms with van der Waals surface area (Å²) in [5.41, 5.74) is -0.915. The molecule has 2 amide bonds. The summed E-state index contributed by atoms with van der Waals surface area (Å²) in [4.78, 5) is 60.4. The molecule has 0 aliphatic carbocycles. The summed E-state index contributed by atoms with van der Waals surface area (Å²) in [6.45, 7) is 5.98. The quantitative estimate of drug-likeness (QED) is 0.168. The van der Waals surface area contributed by atoms with Crippen LogP contribution in [0.25, 0.3) is 0 Å². The van der Waals surface area contributed by atoms with Gasteiger partial charge >= 0.3 is 6.16 Å². The van der Waals surface area contributed by atoms with Gasteiger partial charge in [0, 0.05) is 45.5 Å². The maximum Gasteiger partial charge on any atom is 0.511 e. The molecule has 2 aliphatic rings. The average molecular weight is 637 g/mol. The lowest BCUT2D eigenvalue weighted by atomic mass is 10.0. The predicted octanol–water partition coefficient (Wildman–Crippen LogP) is 3.79. The lowest BCUT2D eigenvalue weighted by molar-refractivity contribution is -0.0201. The van der Waals surface area contributed by atoms with E-state index in [2.05, 4.69) is 10.5 Å². The van der Waals surface area contributed by atoms with E-state index in [0.717, 1.165) is 6.07 Å². The first-order valence-corrected chi connectivity index (χ1v) is 14.4. The van der Waals surface area contributed by atoms with Crippen molar-refractivity contribution in [2.45, 2.75) is 71.4 Å². The van der Waals surface area contributed by atoms with Crippen molar-refractivity contribution in [2.75, 3.05) is 27.1 Å². The molecule has 1 aromatic heterocycles. The molecule has 2 aliphatic heterocycles. The summed E-state index contributed by atoms with van der Waals surface area (Å²) in [5.74, 6) is -3.63. The van der Waals surface area contributed by atoms with Crippen molar-refractivity contribution in [1.82, 2.24) is 14.8 Å². The maximum atomic E-state index is 14.2. The number of nitrogens with zero attached hydrogens (tertiary/aromatic N) is 3. The highest BCUT2D eigenvalue weighted by atomic mass is 19.1. The van der Waals surface area contributed by atoms with E-state index < -0.39 is 71.4 Å². The highest BCUT2D eigenvalue weighted by Crippen LogP contribution is 2.36. The number of aromatic nitrogens is 1. The standard InChI is InChI=1S/C30H36F2N4O9.H2/c1-16(2)34-45-24-9-6-17(3)35-13-23(24)36-12-21(28(38)33-11-19-7-8-20(31)10-22(19)32)26(37)27(25(36)29(35)39)43-15-44-30(40)42-14-18(4)41-5;/h7-8,10,12,17-18,23-24H,6,9,11,13-15H2,1-5H3,(H,33,38);1H/t17-,18-,23?,24+;/m0./s1. The van der Waals surface area contributed by atoms with Crippen LogP contribution in [0.2, 0.25) is 0 Å². The van der Waals surface area contributed by atoms with Gasteiger partial charge in [0.25, 0.3) is 11.8 Å². The van der Waals surface area contributed by atoms with Crippen molar-refractivity contribution < 1.29 is 48.4 Å². The Balaban J connectivity index is 0.00000576. The van der Waals surface area contributed by atoms with E-state index in [9.17, 15) is 28.0 Å². The second-order valence-electron chi connectivity index (χ2n) is 11.0. The molecule has 3 heterocycles. The van der Waals surface area contributed by atoms with E-state index in [-0.39, 0.29) is 38.4 Å². The third-order valence-electron chi connectivity index (χ3n) is 7.52. The zero-order chi connectivity index (χ0) is 32.8. The van der Waals surface area contributed by atoms with E-state index in [1.54, 1.807) is 25.7 Å². The number of carbonyl (C=O) groups is 3. The summed E-state index contributed by atoms with van der Waals surface area (Å²) in [5, 5.41) is 6.58. The van der Waals surface area contributed by atoms with Gasteiger partial charge in [-0.25, -0.2) is 13.6 Å². The average Bonchev–Trinajstić information content (AvgIpc) is 3.14. The molecule has 2 bridgehead atoms. The minimum atomic E-state index is -1.11. The molecule has 0 radical (unpaired) electrons. The number of benzene rings is 1. The summed E-state index contributed by atoms with van der Waals surface area (Å²) in [6, 6.07) is 2.07. The Morgan fingerprint density at radius 3 is 2.62 bits per heavy atom. The van der Waals surface area contributed by atoms with Crippen molar-refractivity contribution in [3.05, 3.63) is 63.1 Å². The first-order chi connectivity index (χ1) is 21.4. The van der Waals surface area contributed by atoms with Crippen LogP contribution in [0.4, 0.5) is 13.6 Å². The van der Waals surface area contributed by atoms with Crippen molar-refractivity contribution in [3.8, 4) is 5.75 Å². The third-order valence-corrected chi connectivity index (χ3v) is 7.52. The molecule has 13 nitrogen and oxygen atoms in total. The number of oxime groups is 1. The zero-order valence-corrected chi connectivity index (χ0v) is 25.6. The van der Waals surface area contributed by atoms with Crippen LogP contribution in [0.15, 0.2) is 34.3 Å². The lowest BCUT2D eigenvalue weighted by Crippen LogP contribution is -2.49. The fourth-order valence-electron chi connectivity index (χ4n) is 4.98. The fourth-order valence-corrected chi connectivity index (χ4v) is 4.98. The summed E-state index contributed by atoms with van der Waals surface area (Å²) < 4.78 is 49.5. The molecule has 4 rings (SSSR count). The van der Waals surface area contributed by atoms with Crippen LogP contribution < -0.4 is 15.5 Å². The van der Waals surface area contributed by atoms with Gasteiger partial charge in [0.15, 0.2) is 5.69 Å². The summed E-state index contributed by atoms with van der Waals surface area (Å²) in [7, 11) is 1.44. The van der Waals surface area contributed by atoms with Gasteiger partial charge in [0.1, 0.15) is 29.9 Å². The van der Waals surface area contributed by atoms with Crippen LogP contribution in [0.1, 0.15) is 74.4 Å². The van der Waals surface area contributed by atoms with Crippen LogP contribution in [0, 0.1) is 11.6 Å². The number of hydrogen-bond donors (Lipinski definition) is 1. The predicted molar refractivity (Wildman–Crippen MR) is 157 cm³/mol. The van der Waals surface area contributed by atoms with E-state index in [0.29, 0.717) is 24.6 Å². The van der Waals surface area contributed by atoms with Crippen LogP contribution in [0.5, 0.6) is 5.75 Å². The molecule has 45 heavy (non-hydrogen) atoms. The Bertz CT molecular complexity index is 1530. The van der Waals surface area contributed by atoms with E-state index in [1.807, 2.05) is 6.92 Å². The second kappa shape index (κ2) is 14.5. The Kier molecular flexibility index (Phi) is 10.8. The number of carbonyl (C=O) groups excluding carboxylic acids is 3. The molecule has 1 saturated heterocycles. The topological polar surface area (TPSA) is 147 Å². The van der Waals surface area contributed by atoms with Crippen LogP contribution in [0.3, 0.4) is 0 Å². The van der Waals surface area contributed by atoms with Gasteiger partial charge in [-0.05, 0) is 46.6 Å². The normalized spacial score (nSPS) is 19.5. The van der Waals surface area contributed by atoms with Crippen LogP contribution >= 0.6 is 0 Å². The van der Waals surface area contributed by atoms with Gasteiger partial charge in [-0.3, -0.25) is 14.4 Å². The molecule has 246 valence electrons. The van der Waals surface area contributed by atoms with Crippen molar-refractivity contribution in [1.29, 1.82) is 0 Å². The van der Waals surface area contributed by atoms with Gasteiger partial charge in [-0.15, -0.1) is 0 Å². The molecule has 2 aromatic rings. The largest absolute Gasteiger partial charge is 0.511 e. The van der Waals surface area contributed by atoms with Gasteiger partial charge in [-0.1, -0.05) is 11.2 Å². The number of ether oxygens (including phenoxy) is 4. The molecule has 1 unspecified atom stereocenters. The van der Waals surface area contributed by atoms with Crippen molar-refractivity contribution >= 4 is 23.7 Å². The van der Waals surface area contributed by atoms with Crippen molar-refractivity contribution in [2.24, 2.45) is 5.16 Å². The lowest BCUT2D eigenvalue weighted by Gasteiger charge is -2.38. The van der Waals surface area contributed by atoms with Crippen molar-refractivity contribution in [3.63, 3.8) is 0 Å². The maximum absolute atomic E-state index is 14.2. The van der Waals surface area contributed by atoms with Gasteiger partial charge < -0.3 is 38.6 Å². The van der Waals surface area contributed by atoms with Gasteiger partial charge in [0.05, 0.1) is 17.9 Å². The SMILES string of the molecule is CO[C@@H](C)COC(=O)OCOc1c2n(cc(C(=O)NCc3ccc(F)cc3F)c1=O)C1CN(C2=O)[C@@H](C)CC[C@H]1ON=C(C)C.[HH]. The molecule has 1 aromatic carbocycles. The molecular formula is C30H38F2N4O9. The number of nitrogens with one attached hydrogen (secondary N) is 1. The molecule has 1 N–H and O–H groups in total. The van der Waals surface area contributed by atoms with Crippen LogP contribution in [-0.2, 0) is 25.6 Å². The minimum Gasteiger partial charge on any atom is -0.451 e. The van der Waals surface area contributed by atoms with E-state index >= 15 is 0 Å². The third kappa shape index (κ3) is 7.77. The minimum absolute atomic E-state index is 0. The number of methoxy groups -OCH3 is 1. The number of halogens is 2. The van der Waals surface area contributed by atoms with E-state index in [1.165, 1.54) is 23.9 Å². The highest BCUT2D eigenvalue weighted by molar-refractivity contribution is 5.99. The number of pyridine rings is 1. The number of amides is 2. The Labute approximate surface area is 259 Å². The molecule has 0 saturated carbocycles. The van der Waals surface area contributed by atoms with Crippen LogP contribution in [-0.4, -0.2) is 78.5 Å². The second-order valence-corrected chi connectivity index (χ2v) is 11.0. The molecule has 0 spiro atoms. The van der Waals surface area contributed by atoms with E-state index in [4.69, 9.17) is 23.8 Å². The monoisotopic (exact) mass is 636 g/mol. The molecule has 15 heteroatoms. The number of hydrogen-bond acceptors (Lipinski definition) is 10. The molecular weight excluding hydrogens is 598 g/mol. The molecule has 4 atom stereocenters. The van der Waals surface area contributed by atoms with Gasteiger partial charge in [0.2, 0.25) is 18.0 Å². The smallest absolute Gasteiger partial charge is 0.451 e. The number of rotatable bonds is 11. The number of fused-ring (bicyclic) bond motifs is 4. The summed E-state index contributed by atoms with van der Waals surface area (Å²) >= 11 is 0. The Morgan fingerprint density at radius 2 is 1.93 bits per heavy atom. The highest BCUT2D eigenvalue weighted by Gasteiger charge is 2.44. The zero-order valence-electron chi connectivity index (χ0n) is 25.6. The fraction of sp³-hybridized carbons (Fsp3) is 0.500. The first-order valence-electron chi connectivity index (χ1n) is 14.4.